The fourth-order valence-electron chi connectivity index (χ4n) is 5.31. The minimum Gasteiger partial charge on any atom is -0.367 e. The van der Waals surface area contributed by atoms with Gasteiger partial charge in [0.05, 0.1) is 22.8 Å². The summed E-state index contributed by atoms with van der Waals surface area (Å²) in [6.07, 6.45) is 5.53. The molecular formula is C27H31N3O2. The fourth-order valence-corrected chi connectivity index (χ4v) is 5.31. The lowest BCUT2D eigenvalue weighted by Gasteiger charge is -2.49. The second-order valence-electron chi connectivity index (χ2n) is 9.10. The van der Waals surface area contributed by atoms with Crippen molar-refractivity contribution in [2.75, 3.05) is 19.6 Å². The number of ether oxygens (including phenoxy) is 1. The van der Waals surface area contributed by atoms with Gasteiger partial charge in [-0.15, -0.1) is 0 Å². The third-order valence-electron chi connectivity index (χ3n) is 6.97. The van der Waals surface area contributed by atoms with Crippen molar-refractivity contribution in [3.63, 3.8) is 0 Å². The number of amides is 1. The summed E-state index contributed by atoms with van der Waals surface area (Å²) in [5.41, 5.74) is 2.65. The number of hydrogen-bond acceptors (Lipinski definition) is 4. The molecule has 2 unspecified atom stereocenters. The Morgan fingerprint density at radius 2 is 1.88 bits per heavy atom. The van der Waals surface area contributed by atoms with Crippen LogP contribution in [-0.4, -0.2) is 47.1 Å². The summed E-state index contributed by atoms with van der Waals surface area (Å²) in [6, 6.07) is 20.9. The Balaban J connectivity index is 1.30. The summed E-state index contributed by atoms with van der Waals surface area (Å²) >= 11 is 0. The van der Waals surface area contributed by atoms with Gasteiger partial charge in [0.25, 0.3) is 5.91 Å². The zero-order valence-corrected chi connectivity index (χ0v) is 18.7. The van der Waals surface area contributed by atoms with Gasteiger partial charge in [-0.25, -0.2) is 0 Å². The van der Waals surface area contributed by atoms with E-state index in [-0.39, 0.29) is 17.6 Å². The quantitative estimate of drug-likeness (QED) is 0.651. The van der Waals surface area contributed by atoms with Crippen LogP contribution in [0.2, 0.25) is 0 Å². The van der Waals surface area contributed by atoms with Crippen LogP contribution in [0.15, 0.2) is 66.9 Å². The first-order valence-corrected chi connectivity index (χ1v) is 11.8. The molecule has 0 radical (unpaired) electrons. The van der Waals surface area contributed by atoms with Crippen LogP contribution in [-0.2, 0) is 4.74 Å². The van der Waals surface area contributed by atoms with Crippen LogP contribution in [0.3, 0.4) is 0 Å². The van der Waals surface area contributed by atoms with E-state index >= 15 is 0 Å². The summed E-state index contributed by atoms with van der Waals surface area (Å²) in [7, 11) is 0. The molecule has 0 aliphatic carbocycles. The van der Waals surface area contributed by atoms with Crippen molar-refractivity contribution in [1.82, 2.24) is 15.2 Å². The van der Waals surface area contributed by atoms with E-state index in [0.29, 0.717) is 24.7 Å². The van der Waals surface area contributed by atoms with Crippen molar-refractivity contribution in [1.29, 1.82) is 0 Å². The molecule has 2 saturated heterocycles. The van der Waals surface area contributed by atoms with Gasteiger partial charge in [0.2, 0.25) is 0 Å². The molecule has 1 spiro atoms. The van der Waals surface area contributed by atoms with Crippen molar-refractivity contribution in [3.05, 3.63) is 78.0 Å². The van der Waals surface area contributed by atoms with Crippen molar-refractivity contribution in [2.24, 2.45) is 0 Å². The van der Waals surface area contributed by atoms with Crippen LogP contribution in [0.4, 0.5) is 0 Å². The van der Waals surface area contributed by atoms with Gasteiger partial charge in [-0.05, 0) is 49.9 Å². The number of piperidine rings is 1. The van der Waals surface area contributed by atoms with Crippen molar-refractivity contribution in [3.8, 4) is 0 Å². The van der Waals surface area contributed by atoms with Crippen molar-refractivity contribution in [2.45, 2.75) is 50.4 Å². The number of nitrogens with one attached hydrogen (secondary N) is 1. The van der Waals surface area contributed by atoms with Crippen LogP contribution >= 0.6 is 0 Å². The van der Waals surface area contributed by atoms with Gasteiger partial charge in [0.1, 0.15) is 0 Å². The van der Waals surface area contributed by atoms with Gasteiger partial charge in [-0.1, -0.05) is 55.5 Å². The Hall–Kier alpha value is -2.76. The number of para-hydroxylation sites is 1. The van der Waals surface area contributed by atoms with E-state index in [1.165, 1.54) is 5.56 Å². The largest absolute Gasteiger partial charge is 0.367 e. The Morgan fingerprint density at radius 3 is 2.66 bits per heavy atom. The molecule has 1 amide bonds. The molecule has 32 heavy (non-hydrogen) atoms. The normalized spacial score (nSPS) is 22.8. The number of likely N-dealkylation sites (tertiary alicyclic amines) is 1. The zero-order chi connectivity index (χ0) is 22.0. The Kier molecular flexibility index (Phi) is 5.94. The molecule has 2 atom stereocenters. The molecule has 2 aliphatic rings. The molecule has 2 fully saturated rings. The number of rotatable bonds is 4. The number of benzene rings is 2. The van der Waals surface area contributed by atoms with E-state index in [1.54, 1.807) is 6.20 Å². The van der Waals surface area contributed by atoms with Crippen LogP contribution in [0.5, 0.6) is 0 Å². The van der Waals surface area contributed by atoms with Crippen molar-refractivity contribution < 1.29 is 9.53 Å². The van der Waals surface area contributed by atoms with Gasteiger partial charge in [-0.3, -0.25) is 9.78 Å². The molecule has 3 heterocycles. The lowest BCUT2D eigenvalue weighted by atomic mass is 9.79. The van der Waals surface area contributed by atoms with E-state index in [4.69, 9.17) is 4.74 Å². The van der Waals surface area contributed by atoms with E-state index in [2.05, 4.69) is 47.6 Å². The van der Waals surface area contributed by atoms with E-state index in [1.807, 2.05) is 35.2 Å². The summed E-state index contributed by atoms with van der Waals surface area (Å²) in [6.45, 7) is 4.55. The molecule has 0 saturated carbocycles. The first-order valence-electron chi connectivity index (χ1n) is 11.8. The van der Waals surface area contributed by atoms with Crippen LogP contribution < -0.4 is 5.32 Å². The number of hydrogen-bond donors (Lipinski definition) is 1. The lowest BCUT2D eigenvalue weighted by Crippen LogP contribution is -2.54. The summed E-state index contributed by atoms with van der Waals surface area (Å²) < 4.78 is 6.78. The molecule has 5 rings (SSSR count). The molecule has 0 bridgehead atoms. The van der Waals surface area contributed by atoms with Crippen LogP contribution in [0.25, 0.3) is 10.9 Å². The molecule has 3 aromatic rings. The molecule has 5 nitrogen and oxygen atoms in total. The average Bonchev–Trinajstić information content (AvgIpc) is 2.84. The van der Waals surface area contributed by atoms with Crippen LogP contribution in [0.1, 0.15) is 54.6 Å². The van der Waals surface area contributed by atoms with E-state index < -0.39 is 0 Å². The maximum atomic E-state index is 13.2. The molecule has 1 aromatic heterocycles. The van der Waals surface area contributed by atoms with E-state index in [9.17, 15) is 4.79 Å². The Labute approximate surface area is 189 Å². The number of fused-ring (bicyclic) bond motifs is 1. The highest BCUT2D eigenvalue weighted by atomic mass is 16.5. The first-order chi connectivity index (χ1) is 15.7. The van der Waals surface area contributed by atoms with Gasteiger partial charge in [-0.2, -0.15) is 0 Å². The Bertz CT molecular complexity index is 1080. The van der Waals surface area contributed by atoms with Gasteiger partial charge >= 0.3 is 0 Å². The number of nitrogens with zero attached hydrogens (tertiary/aromatic N) is 2. The second-order valence-corrected chi connectivity index (χ2v) is 9.10. The fraction of sp³-hybridized carbons (Fsp3) is 0.407. The summed E-state index contributed by atoms with van der Waals surface area (Å²) in [4.78, 5) is 19.6. The van der Waals surface area contributed by atoms with Crippen molar-refractivity contribution >= 4 is 16.8 Å². The summed E-state index contributed by atoms with van der Waals surface area (Å²) in [5.74, 6) is 0.0664. The molecule has 1 N–H and O–H groups in total. The molecule has 166 valence electrons. The maximum absolute atomic E-state index is 13.2. The second kappa shape index (κ2) is 9.00. The molecule has 2 aliphatic heterocycles. The average molecular weight is 430 g/mol. The maximum Gasteiger partial charge on any atom is 0.255 e. The molecule has 5 heteroatoms. The minimum absolute atomic E-state index is 0.0664. The van der Waals surface area contributed by atoms with Gasteiger partial charge < -0.3 is 15.0 Å². The van der Waals surface area contributed by atoms with Gasteiger partial charge in [0.15, 0.2) is 0 Å². The topological polar surface area (TPSA) is 54.5 Å². The minimum atomic E-state index is -0.177. The SMILES string of the molecule is CCNC1CC(c2ccccc2)OC2(CCN(C(=O)c3cnc4ccccc4c3)CC2)C1. The third-order valence-corrected chi connectivity index (χ3v) is 6.97. The first kappa shape index (κ1) is 21.1. The van der Waals surface area contributed by atoms with Crippen LogP contribution in [0, 0.1) is 0 Å². The number of carbonyl (C=O) groups excluding carboxylic acids is 1. The number of carbonyl (C=O) groups is 1. The number of pyridine rings is 1. The highest BCUT2D eigenvalue weighted by Crippen LogP contribution is 2.43. The van der Waals surface area contributed by atoms with E-state index in [0.717, 1.165) is 43.1 Å². The third kappa shape index (κ3) is 4.27. The Morgan fingerprint density at radius 1 is 1.12 bits per heavy atom. The lowest BCUT2D eigenvalue weighted by molar-refractivity contribution is -0.160. The smallest absolute Gasteiger partial charge is 0.255 e. The summed E-state index contributed by atoms with van der Waals surface area (Å²) in [5, 5.41) is 4.67. The highest BCUT2D eigenvalue weighted by molar-refractivity contribution is 5.97. The highest BCUT2D eigenvalue weighted by Gasteiger charge is 2.44. The standard InChI is InChI=1S/C27H31N3O2/c1-2-28-23-17-25(20-8-4-3-5-9-20)32-27(18-23)12-14-30(15-13-27)26(31)22-16-21-10-6-7-11-24(21)29-19-22/h3-11,16,19,23,25,28H,2,12-15,17-18H2,1H3. The zero-order valence-electron chi connectivity index (χ0n) is 18.7. The molecule has 2 aromatic carbocycles. The monoisotopic (exact) mass is 429 g/mol. The predicted octanol–water partition coefficient (Wildman–Crippen LogP) is 4.74. The number of aromatic nitrogens is 1. The molecular weight excluding hydrogens is 398 g/mol. The predicted molar refractivity (Wildman–Crippen MR) is 127 cm³/mol. The van der Waals surface area contributed by atoms with Gasteiger partial charge in [0, 0.05) is 30.7 Å².